The topological polar surface area (TPSA) is 30.2 Å². The van der Waals surface area contributed by atoms with Crippen molar-refractivity contribution in [3.05, 3.63) is 30.2 Å². The molecule has 72 valence electrons. The second kappa shape index (κ2) is 6.17. The molecule has 0 N–H and O–H groups in total. The summed E-state index contributed by atoms with van der Waals surface area (Å²) in [6, 6.07) is 0. The van der Waals surface area contributed by atoms with E-state index in [1.165, 1.54) is 6.20 Å². The number of aliphatic imine (C=N–C) groups is 1. The van der Waals surface area contributed by atoms with E-state index in [1.807, 2.05) is 34.0 Å². The summed E-state index contributed by atoms with van der Waals surface area (Å²) in [7, 11) is 1.89. The van der Waals surface area contributed by atoms with Gasteiger partial charge >= 0.3 is 0 Å². The normalized spacial score (nSPS) is 9.54. The van der Waals surface area contributed by atoms with Crippen LogP contribution in [0.2, 0.25) is 0 Å². The minimum absolute atomic E-state index is 1.02. The number of aryl methyl sites for hydroxylation is 2. The molecule has 0 amide bonds. The third kappa shape index (κ3) is 3.23. The highest BCUT2D eigenvalue weighted by atomic mass is 15.3. The number of hydrogen-bond donors (Lipinski definition) is 0. The fourth-order valence-corrected chi connectivity index (χ4v) is 0.865. The molecule has 1 heterocycles. The molecule has 0 spiro atoms. The fraction of sp³-hybridized carbons (Fsp3) is 0.400. The van der Waals surface area contributed by atoms with Crippen LogP contribution in [0.25, 0.3) is 0 Å². The third-order valence-corrected chi connectivity index (χ3v) is 1.48. The van der Waals surface area contributed by atoms with Crippen LogP contribution in [0.4, 0.5) is 0 Å². The first-order chi connectivity index (χ1) is 6.25. The molecule has 0 fully saturated rings. The summed E-state index contributed by atoms with van der Waals surface area (Å²) in [6.07, 6.45) is 5.06. The van der Waals surface area contributed by atoms with Crippen molar-refractivity contribution in [2.45, 2.75) is 20.8 Å². The van der Waals surface area contributed by atoms with E-state index in [0.717, 1.165) is 11.3 Å². The predicted octanol–water partition coefficient (Wildman–Crippen LogP) is 2.32. The Labute approximate surface area is 79.8 Å². The van der Waals surface area contributed by atoms with Crippen LogP contribution in [-0.2, 0) is 7.05 Å². The van der Waals surface area contributed by atoms with E-state index in [9.17, 15) is 0 Å². The molecule has 0 aliphatic rings. The van der Waals surface area contributed by atoms with Gasteiger partial charge in [-0.2, -0.15) is 5.10 Å². The Balaban J connectivity index is 0.000000671. The zero-order chi connectivity index (χ0) is 10.3. The van der Waals surface area contributed by atoms with E-state index in [2.05, 4.69) is 16.7 Å². The Morgan fingerprint density at radius 3 is 2.54 bits per heavy atom. The summed E-state index contributed by atoms with van der Waals surface area (Å²) >= 11 is 0. The number of nitrogens with zero attached hydrogens (tertiary/aromatic N) is 3. The molecule has 0 saturated carbocycles. The molecule has 0 saturated heterocycles. The van der Waals surface area contributed by atoms with Gasteiger partial charge in [-0.3, -0.25) is 9.67 Å². The second-order valence-electron chi connectivity index (χ2n) is 2.30. The molecular formula is C10H17N3. The molecule has 0 unspecified atom stereocenters. The van der Waals surface area contributed by atoms with E-state index in [0.29, 0.717) is 0 Å². The van der Waals surface area contributed by atoms with Crippen LogP contribution in [0.15, 0.2) is 24.0 Å². The monoisotopic (exact) mass is 179 g/mol. The van der Waals surface area contributed by atoms with E-state index in [1.54, 1.807) is 10.9 Å². The molecule has 0 atom stereocenters. The average Bonchev–Trinajstić information content (AvgIpc) is 2.47. The lowest BCUT2D eigenvalue weighted by Crippen LogP contribution is -1.97. The van der Waals surface area contributed by atoms with Gasteiger partial charge in [-0.05, 0) is 12.5 Å². The van der Waals surface area contributed by atoms with Crippen molar-refractivity contribution in [3.63, 3.8) is 0 Å². The molecule has 0 aliphatic carbocycles. The molecule has 1 aromatic heterocycles. The van der Waals surface area contributed by atoms with Gasteiger partial charge in [-0.25, -0.2) is 0 Å². The summed E-state index contributed by atoms with van der Waals surface area (Å²) in [5.74, 6) is 0. The summed E-state index contributed by atoms with van der Waals surface area (Å²) < 4.78 is 1.78. The zero-order valence-electron chi connectivity index (χ0n) is 8.78. The number of hydrogen-bond acceptors (Lipinski definition) is 2. The minimum Gasteiger partial charge on any atom is -0.267 e. The number of aromatic nitrogens is 2. The minimum atomic E-state index is 1.02. The van der Waals surface area contributed by atoms with E-state index >= 15 is 0 Å². The largest absolute Gasteiger partial charge is 0.267 e. The maximum atomic E-state index is 4.06. The Morgan fingerprint density at radius 2 is 2.15 bits per heavy atom. The summed E-state index contributed by atoms with van der Waals surface area (Å²) in [5.41, 5.74) is 2.14. The van der Waals surface area contributed by atoms with Crippen LogP contribution in [-0.4, -0.2) is 16.0 Å². The highest BCUT2D eigenvalue weighted by molar-refractivity contribution is 5.79. The summed E-state index contributed by atoms with van der Waals surface area (Å²) in [5, 5.41) is 4.06. The molecule has 13 heavy (non-hydrogen) atoms. The first kappa shape index (κ1) is 11.6. The SMILES string of the molecule is C=CN=Cc1c(C)cnn1C.CC. The van der Waals surface area contributed by atoms with Gasteiger partial charge in [0.1, 0.15) is 0 Å². The molecule has 1 rings (SSSR count). The lowest BCUT2D eigenvalue weighted by molar-refractivity contribution is 0.761. The molecule has 0 radical (unpaired) electrons. The molecule has 0 aromatic carbocycles. The van der Waals surface area contributed by atoms with Crippen molar-refractivity contribution in [1.29, 1.82) is 0 Å². The Morgan fingerprint density at radius 1 is 1.54 bits per heavy atom. The van der Waals surface area contributed by atoms with Gasteiger partial charge in [0.2, 0.25) is 0 Å². The standard InChI is InChI=1S/C8H11N3.C2H6/c1-4-9-6-8-7(2)5-10-11(8)3;1-2/h4-6H,1H2,2-3H3;1-2H3. The third-order valence-electron chi connectivity index (χ3n) is 1.48. The van der Waals surface area contributed by atoms with Gasteiger partial charge in [-0.15, -0.1) is 0 Å². The lowest BCUT2D eigenvalue weighted by atomic mass is 10.3. The first-order valence-electron chi connectivity index (χ1n) is 4.38. The van der Waals surface area contributed by atoms with Gasteiger partial charge in [0.05, 0.1) is 18.1 Å². The van der Waals surface area contributed by atoms with Gasteiger partial charge in [0.15, 0.2) is 0 Å². The van der Waals surface area contributed by atoms with Crippen molar-refractivity contribution >= 4 is 6.21 Å². The van der Waals surface area contributed by atoms with Crippen molar-refractivity contribution in [2.24, 2.45) is 12.0 Å². The van der Waals surface area contributed by atoms with Crippen LogP contribution in [0, 0.1) is 6.92 Å². The molecule has 1 aromatic rings. The predicted molar refractivity (Wildman–Crippen MR) is 57.1 cm³/mol. The van der Waals surface area contributed by atoms with E-state index in [4.69, 9.17) is 0 Å². The van der Waals surface area contributed by atoms with Gasteiger partial charge in [-0.1, -0.05) is 20.4 Å². The van der Waals surface area contributed by atoms with Gasteiger partial charge < -0.3 is 0 Å². The Kier molecular flexibility index (Phi) is 5.52. The average molecular weight is 179 g/mol. The van der Waals surface area contributed by atoms with Crippen molar-refractivity contribution in [1.82, 2.24) is 9.78 Å². The molecule has 3 nitrogen and oxygen atoms in total. The van der Waals surface area contributed by atoms with Gasteiger partial charge in [0.25, 0.3) is 0 Å². The first-order valence-corrected chi connectivity index (χ1v) is 4.38. The Bertz CT molecular complexity index is 265. The van der Waals surface area contributed by atoms with Crippen molar-refractivity contribution in [2.75, 3.05) is 0 Å². The lowest BCUT2D eigenvalue weighted by Gasteiger charge is -1.93. The summed E-state index contributed by atoms with van der Waals surface area (Å²) in [6.45, 7) is 9.49. The van der Waals surface area contributed by atoms with Crippen LogP contribution < -0.4 is 0 Å². The quantitative estimate of drug-likeness (QED) is 0.641. The van der Waals surface area contributed by atoms with Crippen LogP contribution in [0.5, 0.6) is 0 Å². The second-order valence-corrected chi connectivity index (χ2v) is 2.30. The highest BCUT2D eigenvalue weighted by Gasteiger charge is 1.98. The van der Waals surface area contributed by atoms with Crippen LogP contribution in [0.1, 0.15) is 25.1 Å². The fourth-order valence-electron chi connectivity index (χ4n) is 0.865. The van der Waals surface area contributed by atoms with E-state index < -0.39 is 0 Å². The molecule has 0 aliphatic heterocycles. The smallest absolute Gasteiger partial charge is 0.0818 e. The zero-order valence-corrected chi connectivity index (χ0v) is 8.78. The van der Waals surface area contributed by atoms with E-state index in [-0.39, 0.29) is 0 Å². The maximum absolute atomic E-state index is 4.06. The number of rotatable bonds is 2. The van der Waals surface area contributed by atoms with Crippen LogP contribution in [0.3, 0.4) is 0 Å². The van der Waals surface area contributed by atoms with Crippen molar-refractivity contribution in [3.8, 4) is 0 Å². The highest BCUT2D eigenvalue weighted by Crippen LogP contribution is 2.01. The van der Waals surface area contributed by atoms with Gasteiger partial charge in [0, 0.05) is 13.2 Å². The molecular weight excluding hydrogens is 162 g/mol. The van der Waals surface area contributed by atoms with Crippen molar-refractivity contribution < 1.29 is 0 Å². The maximum Gasteiger partial charge on any atom is 0.0818 e. The Hall–Kier alpha value is -1.38. The molecule has 3 heteroatoms. The molecule has 0 bridgehead atoms. The van der Waals surface area contributed by atoms with Crippen LogP contribution >= 0.6 is 0 Å². The summed E-state index contributed by atoms with van der Waals surface area (Å²) in [4.78, 5) is 3.91.